The van der Waals surface area contributed by atoms with Crippen molar-refractivity contribution in [1.82, 2.24) is 15.5 Å². The first kappa shape index (κ1) is 25.9. The zero-order chi connectivity index (χ0) is 20.6. The van der Waals surface area contributed by atoms with Gasteiger partial charge in [-0.15, -0.1) is 24.0 Å². The van der Waals surface area contributed by atoms with Crippen molar-refractivity contribution in [3.8, 4) is 0 Å². The number of nitrogens with one attached hydrogen (secondary N) is 2. The van der Waals surface area contributed by atoms with Gasteiger partial charge >= 0.3 is 6.18 Å². The summed E-state index contributed by atoms with van der Waals surface area (Å²) in [5.41, 5.74) is -1.21. The van der Waals surface area contributed by atoms with E-state index >= 15 is 0 Å². The molecule has 29 heavy (non-hydrogen) atoms. The molecule has 166 valence electrons. The Balaban J connectivity index is 0.00000420. The Bertz CT molecular complexity index is 651. The zero-order valence-corrected chi connectivity index (χ0v) is 19.1. The molecule has 1 aromatic carbocycles. The van der Waals surface area contributed by atoms with Gasteiger partial charge in [0.15, 0.2) is 5.96 Å². The number of halogens is 4. The van der Waals surface area contributed by atoms with Gasteiger partial charge in [0.2, 0.25) is 0 Å². The minimum Gasteiger partial charge on any atom is -0.387 e. The number of guanidine groups is 1. The largest absolute Gasteiger partial charge is 0.416 e. The quantitative estimate of drug-likeness (QED) is 0.287. The molecule has 2 rings (SSSR count). The lowest BCUT2D eigenvalue weighted by atomic mass is 10.1. The highest BCUT2D eigenvalue weighted by atomic mass is 127. The van der Waals surface area contributed by atoms with E-state index in [1.54, 1.807) is 13.0 Å². The van der Waals surface area contributed by atoms with Crippen LogP contribution in [0.3, 0.4) is 0 Å². The van der Waals surface area contributed by atoms with E-state index in [0.717, 1.165) is 25.2 Å². The Hall–Kier alpha value is -1.11. The van der Waals surface area contributed by atoms with Crippen LogP contribution in [-0.2, 0) is 17.5 Å². The third kappa shape index (κ3) is 9.49. The topological polar surface area (TPSA) is 69.1 Å². The van der Waals surface area contributed by atoms with Gasteiger partial charge < -0.3 is 20.5 Å². The maximum Gasteiger partial charge on any atom is 0.416 e. The Morgan fingerprint density at radius 3 is 2.55 bits per heavy atom. The SMILES string of the molecule is CCNC(=NCc1cccc(C(F)(F)F)c1)NCC(C)(O)CN1CCOCC1.I. The molecule has 3 N–H and O–H groups in total. The molecule has 1 unspecified atom stereocenters. The summed E-state index contributed by atoms with van der Waals surface area (Å²) in [5.74, 6) is 0.446. The van der Waals surface area contributed by atoms with Gasteiger partial charge in [-0.25, -0.2) is 4.99 Å². The standard InChI is InChI=1S/C19H29F3N4O2.HI/c1-3-23-17(24-12-15-5-4-6-16(11-15)19(20,21)22)25-13-18(2,27)14-26-7-9-28-10-8-26;/h4-6,11,27H,3,7-10,12-14H2,1-2H3,(H2,23,24,25);1H. The molecule has 6 nitrogen and oxygen atoms in total. The van der Waals surface area contributed by atoms with Crippen molar-refractivity contribution in [2.24, 2.45) is 4.99 Å². The molecule has 1 aliphatic rings. The molecule has 0 radical (unpaired) electrons. The maximum atomic E-state index is 12.8. The number of nitrogens with zero attached hydrogens (tertiary/aromatic N) is 2. The molecule has 10 heteroatoms. The van der Waals surface area contributed by atoms with Gasteiger partial charge in [-0.05, 0) is 31.5 Å². The number of morpholine rings is 1. The number of ether oxygens (including phenoxy) is 1. The number of hydrogen-bond acceptors (Lipinski definition) is 4. The minimum atomic E-state index is -4.37. The lowest BCUT2D eigenvalue weighted by Gasteiger charge is -2.34. The van der Waals surface area contributed by atoms with Gasteiger partial charge in [0.25, 0.3) is 0 Å². The third-order valence-corrected chi connectivity index (χ3v) is 4.32. The molecule has 0 amide bonds. The minimum absolute atomic E-state index is 0. The summed E-state index contributed by atoms with van der Waals surface area (Å²) in [6.45, 7) is 7.97. The average Bonchev–Trinajstić information content (AvgIpc) is 2.64. The first-order valence-electron chi connectivity index (χ1n) is 9.40. The normalized spacial score (nSPS) is 17.9. The van der Waals surface area contributed by atoms with Crippen LogP contribution in [0.4, 0.5) is 13.2 Å². The Kier molecular flexibility index (Phi) is 10.7. The van der Waals surface area contributed by atoms with Crippen molar-refractivity contribution in [2.75, 3.05) is 45.9 Å². The number of benzene rings is 1. The van der Waals surface area contributed by atoms with E-state index < -0.39 is 17.3 Å². The van der Waals surface area contributed by atoms with Gasteiger partial charge in [-0.3, -0.25) is 4.90 Å². The molecule has 0 bridgehead atoms. The fourth-order valence-corrected chi connectivity index (χ4v) is 2.93. The number of rotatable bonds is 7. The molecular weight excluding hydrogens is 500 g/mol. The lowest BCUT2D eigenvalue weighted by Crippen LogP contribution is -2.52. The number of hydrogen-bond donors (Lipinski definition) is 3. The molecule has 0 aromatic heterocycles. The monoisotopic (exact) mass is 530 g/mol. The smallest absolute Gasteiger partial charge is 0.387 e. The molecule has 1 saturated heterocycles. The van der Waals surface area contributed by atoms with Gasteiger partial charge in [0, 0.05) is 32.7 Å². The van der Waals surface area contributed by atoms with Gasteiger partial charge in [-0.2, -0.15) is 13.2 Å². The van der Waals surface area contributed by atoms with Crippen LogP contribution >= 0.6 is 24.0 Å². The highest BCUT2D eigenvalue weighted by molar-refractivity contribution is 14.0. The van der Waals surface area contributed by atoms with Crippen molar-refractivity contribution in [2.45, 2.75) is 32.2 Å². The first-order valence-corrected chi connectivity index (χ1v) is 9.40. The predicted molar refractivity (Wildman–Crippen MR) is 118 cm³/mol. The highest BCUT2D eigenvalue weighted by Crippen LogP contribution is 2.29. The van der Waals surface area contributed by atoms with Crippen molar-refractivity contribution in [3.63, 3.8) is 0 Å². The summed E-state index contributed by atoms with van der Waals surface area (Å²) >= 11 is 0. The Morgan fingerprint density at radius 1 is 1.24 bits per heavy atom. The first-order chi connectivity index (χ1) is 13.2. The van der Waals surface area contributed by atoms with E-state index in [2.05, 4.69) is 20.5 Å². The molecule has 1 atom stereocenters. The van der Waals surface area contributed by atoms with Crippen molar-refractivity contribution >= 4 is 29.9 Å². The number of aliphatic hydroxyl groups is 1. The van der Waals surface area contributed by atoms with Gasteiger partial charge in [0.05, 0.1) is 30.9 Å². The zero-order valence-electron chi connectivity index (χ0n) is 16.8. The van der Waals surface area contributed by atoms with Crippen LogP contribution in [0.2, 0.25) is 0 Å². The van der Waals surface area contributed by atoms with Gasteiger partial charge in [0.1, 0.15) is 0 Å². The maximum absolute atomic E-state index is 12.8. The third-order valence-electron chi connectivity index (χ3n) is 4.32. The number of β-amino-alcohol motifs (C(OH)–C–C–N with tert-alkyl or cyclic N) is 1. The number of alkyl halides is 3. The molecule has 0 aliphatic carbocycles. The van der Waals surface area contributed by atoms with Gasteiger partial charge in [-0.1, -0.05) is 12.1 Å². The second-order valence-corrected chi connectivity index (χ2v) is 7.13. The van der Waals surface area contributed by atoms with Crippen LogP contribution in [-0.4, -0.2) is 67.5 Å². The average molecular weight is 530 g/mol. The van der Waals surface area contributed by atoms with Crippen LogP contribution in [0.5, 0.6) is 0 Å². The van der Waals surface area contributed by atoms with Crippen LogP contribution in [0.25, 0.3) is 0 Å². The van der Waals surface area contributed by atoms with E-state index in [4.69, 9.17) is 4.74 Å². The van der Waals surface area contributed by atoms with Crippen molar-refractivity contribution < 1.29 is 23.0 Å². The summed E-state index contributed by atoms with van der Waals surface area (Å²) in [4.78, 5) is 6.48. The molecule has 1 aromatic rings. The van der Waals surface area contributed by atoms with E-state index in [9.17, 15) is 18.3 Å². The van der Waals surface area contributed by atoms with Crippen LogP contribution in [0.1, 0.15) is 25.0 Å². The van der Waals surface area contributed by atoms with E-state index in [1.165, 1.54) is 6.07 Å². The summed E-state index contributed by atoms with van der Waals surface area (Å²) in [6.07, 6.45) is -4.37. The highest BCUT2D eigenvalue weighted by Gasteiger charge is 2.30. The summed E-state index contributed by atoms with van der Waals surface area (Å²) in [5, 5.41) is 16.8. The molecular formula is C19H30F3IN4O2. The predicted octanol–water partition coefficient (Wildman–Crippen LogP) is 2.46. The summed E-state index contributed by atoms with van der Waals surface area (Å²) in [6, 6.07) is 5.12. The molecule has 1 aliphatic heterocycles. The molecule has 1 fully saturated rings. The van der Waals surface area contributed by atoms with Crippen molar-refractivity contribution in [1.29, 1.82) is 0 Å². The van der Waals surface area contributed by atoms with Crippen LogP contribution in [0, 0.1) is 0 Å². The lowest BCUT2D eigenvalue weighted by molar-refractivity contribution is -0.137. The van der Waals surface area contributed by atoms with Crippen LogP contribution in [0.15, 0.2) is 29.3 Å². The van der Waals surface area contributed by atoms with Crippen molar-refractivity contribution in [3.05, 3.63) is 35.4 Å². The van der Waals surface area contributed by atoms with Crippen LogP contribution < -0.4 is 10.6 Å². The Morgan fingerprint density at radius 2 is 1.93 bits per heavy atom. The van der Waals surface area contributed by atoms with E-state index in [0.29, 0.717) is 37.8 Å². The van der Waals surface area contributed by atoms with E-state index in [1.807, 2.05) is 6.92 Å². The summed E-state index contributed by atoms with van der Waals surface area (Å²) < 4.78 is 43.8. The molecule has 1 heterocycles. The Labute approximate surface area is 186 Å². The second kappa shape index (κ2) is 11.9. The second-order valence-electron chi connectivity index (χ2n) is 7.13. The van der Waals surface area contributed by atoms with E-state index in [-0.39, 0.29) is 37.1 Å². The number of aliphatic imine (C=N–C) groups is 1. The molecule has 0 saturated carbocycles. The summed E-state index contributed by atoms with van der Waals surface area (Å²) in [7, 11) is 0. The molecule has 0 spiro atoms. The fourth-order valence-electron chi connectivity index (χ4n) is 2.93. The fraction of sp³-hybridized carbons (Fsp3) is 0.632.